The standard InChI is InChI=1S/C12H15F4NO/c1-8(17)10-7-9(13)3-4-11(10)18-6-2-5-12(14,15)16/h3-4,7-8H,2,5-6,17H2,1H3. The number of nitrogens with two attached hydrogens (primary N) is 1. The Kier molecular flexibility index (Phi) is 4.95. The summed E-state index contributed by atoms with van der Waals surface area (Å²) in [4.78, 5) is 0. The van der Waals surface area contributed by atoms with Crippen LogP contribution in [0.25, 0.3) is 0 Å². The molecule has 0 bridgehead atoms. The minimum Gasteiger partial charge on any atom is -0.493 e. The SMILES string of the molecule is CC(N)c1cc(F)ccc1OCCCC(F)(F)F. The number of ether oxygens (including phenoxy) is 1. The van der Waals surface area contributed by atoms with Gasteiger partial charge in [-0.15, -0.1) is 0 Å². The summed E-state index contributed by atoms with van der Waals surface area (Å²) in [5.74, 6) is -0.126. The first-order chi connectivity index (χ1) is 8.29. The molecule has 0 fully saturated rings. The molecule has 1 unspecified atom stereocenters. The van der Waals surface area contributed by atoms with Gasteiger partial charge in [-0.2, -0.15) is 13.2 Å². The third-order valence-electron chi connectivity index (χ3n) is 2.32. The zero-order valence-electron chi connectivity index (χ0n) is 9.93. The van der Waals surface area contributed by atoms with Crippen molar-refractivity contribution in [3.05, 3.63) is 29.6 Å². The third-order valence-corrected chi connectivity index (χ3v) is 2.32. The van der Waals surface area contributed by atoms with Gasteiger partial charge >= 0.3 is 6.18 Å². The van der Waals surface area contributed by atoms with Gasteiger partial charge in [-0.25, -0.2) is 4.39 Å². The molecule has 0 radical (unpaired) electrons. The lowest BCUT2D eigenvalue weighted by atomic mass is 10.1. The highest BCUT2D eigenvalue weighted by molar-refractivity contribution is 5.36. The Labute approximate surface area is 103 Å². The quantitative estimate of drug-likeness (QED) is 0.652. The highest BCUT2D eigenvalue weighted by atomic mass is 19.4. The smallest absolute Gasteiger partial charge is 0.389 e. The largest absolute Gasteiger partial charge is 0.493 e. The van der Waals surface area contributed by atoms with Gasteiger partial charge in [0.05, 0.1) is 6.61 Å². The molecule has 0 aliphatic heterocycles. The normalized spacial score (nSPS) is 13.4. The Morgan fingerprint density at radius 1 is 1.33 bits per heavy atom. The molecule has 1 atom stereocenters. The van der Waals surface area contributed by atoms with Crippen LogP contribution in [0.5, 0.6) is 5.75 Å². The van der Waals surface area contributed by atoms with Crippen molar-refractivity contribution in [3.63, 3.8) is 0 Å². The molecule has 1 aromatic rings. The fourth-order valence-electron chi connectivity index (χ4n) is 1.46. The van der Waals surface area contributed by atoms with Crippen molar-refractivity contribution >= 4 is 0 Å². The molecule has 18 heavy (non-hydrogen) atoms. The number of rotatable bonds is 5. The van der Waals surface area contributed by atoms with Crippen LogP contribution in [0.1, 0.15) is 31.4 Å². The van der Waals surface area contributed by atoms with Crippen molar-refractivity contribution in [2.45, 2.75) is 32.0 Å². The maximum absolute atomic E-state index is 13.0. The second kappa shape index (κ2) is 6.04. The van der Waals surface area contributed by atoms with E-state index in [9.17, 15) is 17.6 Å². The molecule has 6 heteroatoms. The van der Waals surface area contributed by atoms with Gasteiger partial charge in [-0.05, 0) is 31.5 Å². The van der Waals surface area contributed by atoms with Gasteiger partial charge in [0.25, 0.3) is 0 Å². The molecular formula is C12H15F4NO. The maximum Gasteiger partial charge on any atom is 0.389 e. The molecule has 0 amide bonds. The number of hydrogen-bond donors (Lipinski definition) is 1. The predicted molar refractivity (Wildman–Crippen MR) is 59.8 cm³/mol. The first kappa shape index (κ1) is 14.8. The number of hydrogen-bond acceptors (Lipinski definition) is 2. The Balaban J connectivity index is 2.57. The summed E-state index contributed by atoms with van der Waals surface area (Å²) in [6, 6.07) is 3.34. The van der Waals surface area contributed by atoms with E-state index in [1.807, 2.05) is 0 Å². The number of alkyl halides is 3. The average Bonchev–Trinajstić information content (AvgIpc) is 2.24. The average molecular weight is 265 g/mol. The molecule has 1 aromatic carbocycles. The highest BCUT2D eigenvalue weighted by Gasteiger charge is 2.26. The van der Waals surface area contributed by atoms with Crippen molar-refractivity contribution in [1.29, 1.82) is 0 Å². The van der Waals surface area contributed by atoms with E-state index >= 15 is 0 Å². The topological polar surface area (TPSA) is 35.2 Å². The third kappa shape index (κ3) is 4.91. The van der Waals surface area contributed by atoms with Gasteiger partial charge in [0.15, 0.2) is 0 Å². The van der Waals surface area contributed by atoms with E-state index in [4.69, 9.17) is 10.5 Å². The van der Waals surface area contributed by atoms with E-state index in [1.54, 1.807) is 6.92 Å². The molecule has 1 rings (SSSR count). The summed E-state index contributed by atoms with van der Waals surface area (Å²) in [5.41, 5.74) is 6.08. The Hall–Kier alpha value is -1.30. The van der Waals surface area contributed by atoms with E-state index in [1.165, 1.54) is 18.2 Å². The Bertz CT molecular complexity index is 390. The maximum atomic E-state index is 13.0. The Morgan fingerprint density at radius 3 is 2.56 bits per heavy atom. The van der Waals surface area contributed by atoms with Crippen LogP contribution in [0.15, 0.2) is 18.2 Å². The number of benzene rings is 1. The second-order valence-electron chi connectivity index (χ2n) is 4.04. The zero-order chi connectivity index (χ0) is 13.8. The van der Waals surface area contributed by atoms with Gasteiger partial charge < -0.3 is 10.5 Å². The van der Waals surface area contributed by atoms with Crippen LogP contribution < -0.4 is 10.5 Å². The molecule has 2 nitrogen and oxygen atoms in total. The predicted octanol–water partition coefficient (Wildman–Crippen LogP) is 3.57. The van der Waals surface area contributed by atoms with Crippen LogP contribution in [0.3, 0.4) is 0 Å². The lowest BCUT2D eigenvalue weighted by Crippen LogP contribution is -2.12. The van der Waals surface area contributed by atoms with Crippen molar-refractivity contribution in [3.8, 4) is 5.75 Å². The molecule has 0 saturated heterocycles. The summed E-state index contributed by atoms with van der Waals surface area (Å²) >= 11 is 0. The lowest BCUT2D eigenvalue weighted by Gasteiger charge is -2.14. The van der Waals surface area contributed by atoms with E-state index in [0.29, 0.717) is 11.3 Å². The first-order valence-electron chi connectivity index (χ1n) is 5.54. The van der Waals surface area contributed by atoms with Crippen LogP contribution in [-0.4, -0.2) is 12.8 Å². The van der Waals surface area contributed by atoms with Gasteiger partial charge in [-0.1, -0.05) is 0 Å². The number of halogens is 4. The zero-order valence-corrected chi connectivity index (χ0v) is 9.93. The summed E-state index contributed by atoms with van der Waals surface area (Å²) in [7, 11) is 0. The molecule has 0 aliphatic carbocycles. The molecular weight excluding hydrogens is 250 g/mol. The fraction of sp³-hybridized carbons (Fsp3) is 0.500. The van der Waals surface area contributed by atoms with E-state index in [0.717, 1.165) is 0 Å². The van der Waals surface area contributed by atoms with Gasteiger partial charge in [-0.3, -0.25) is 0 Å². The van der Waals surface area contributed by atoms with Gasteiger partial charge in [0, 0.05) is 18.0 Å². The minimum atomic E-state index is -4.18. The lowest BCUT2D eigenvalue weighted by molar-refractivity contribution is -0.136. The first-order valence-corrected chi connectivity index (χ1v) is 5.54. The molecule has 0 heterocycles. The second-order valence-corrected chi connectivity index (χ2v) is 4.04. The fourth-order valence-corrected chi connectivity index (χ4v) is 1.46. The van der Waals surface area contributed by atoms with Crippen LogP contribution in [-0.2, 0) is 0 Å². The summed E-state index contributed by atoms with van der Waals surface area (Å²) in [6.07, 6.45) is -5.23. The minimum absolute atomic E-state index is 0.0785. The van der Waals surface area contributed by atoms with Gasteiger partial charge in [0.2, 0.25) is 0 Å². The van der Waals surface area contributed by atoms with Crippen LogP contribution in [0.4, 0.5) is 17.6 Å². The summed E-state index contributed by atoms with van der Waals surface area (Å²) < 4.78 is 53.9. The van der Waals surface area contributed by atoms with Crippen molar-refractivity contribution in [2.75, 3.05) is 6.61 Å². The van der Waals surface area contributed by atoms with E-state index < -0.39 is 24.5 Å². The monoisotopic (exact) mass is 265 g/mol. The summed E-state index contributed by atoms with van der Waals surface area (Å²) in [5, 5.41) is 0. The molecule has 0 aromatic heterocycles. The van der Waals surface area contributed by atoms with Crippen molar-refractivity contribution < 1.29 is 22.3 Å². The molecule has 102 valence electrons. The van der Waals surface area contributed by atoms with Crippen molar-refractivity contribution in [2.24, 2.45) is 5.73 Å². The van der Waals surface area contributed by atoms with E-state index in [-0.39, 0.29) is 13.0 Å². The molecule has 0 saturated carbocycles. The van der Waals surface area contributed by atoms with Crippen LogP contribution >= 0.6 is 0 Å². The highest BCUT2D eigenvalue weighted by Crippen LogP contribution is 2.26. The van der Waals surface area contributed by atoms with Crippen LogP contribution in [0.2, 0.25) is 0 Å². The Morgan fingerprint density at radius 2 is 2.00 bits per heavy atom. The van der Waals surface area contributed by atoms with Crippen molar-refractivity contribution in [1.82, 2.24) is 0 Å². The molecule has 0 aliphatic rings. The van der Waals surface area contributed by atoms with E-state index in [2.05, 4.69) is 0 Å². The summed E-state index contributed by atoms with van der Waals surface area (Å²) in [6.45, 7) is 1.57. The molecule has 2 N–H and O–H groups in total. The van der Waals surface area contributed by atoms with Gasteiger partial charge in [0.1, 0.15) is 11.6 Å². The molecule has 0 spiro atoms. The van der Waals surface area contributed by atoms with Crippen LogP contribution in [0, 0.1) is 5.82 Å².